The van der Waals surface area contributed by atoms with Crippen LogP contribution < -0.4 is 5.32 Å². The predicted octanol–water partition coefficient (Wildman–Crippen LogP) is 3.80. The van der Waals surface area contributed by atoms with Crippen LogP contribution in [0.3, 0.4) is 0 Å². The third-order valence-electron chi connectivity index (χ3n) is 3.32. The van der Waals surface area contributed by atoms with Crippen LogP contribution in [0.4, 0.5) is 8.78 Å². The largest absolute Gasteiger partial charge is 0.456 e. The van der Waals surface area contributed by atoms with Crippen molar-refractivity contribution in [1.82, 2.24) is 10.3 Å². The zero-order chi connectivity index (χ0) is 14.8. The summed E-state index contributed by atoms with van der Waals surface area (Å²) in [5, 5.41) is 3.81. The Morgan fingerprint density at radius 1 is 1.24 bits per heavy atom. The van der Waals surface area contributed by atoms with Crippen LogP contribution in [-0.4, -0.2) is 11.5 Å². The summed E-state index contributed by atoms with van der Waals surface area (Å²) in [5.41, 5.74) is 0.608. The number of para-hydroxylation sites is 1. The second kappa shape index (κ2) is 5.61. The maximum Gasteiger partial charge on any atom is 0.169 e. The molecule has 0 bridgehead atoms. The first-order chi connectivity index (χ1) is 10.2. The standard InChI is InChI=1S/C16H14F2N2O/c1-2-20-15(11-6-7-19-9-13(11)18)14-8-10-4-3-5-12(17)16(10)21-14/h3-9,15,20H,2H2,1H3. The lowest BCUT2D eigenvalue weighted by Gasteiger charge is -2.16. The molecule has 3 nitrogen and oxygen atoms in total. The molecule has 0 saturated heterocycles. The third-order valence-corrected chi connectivity index (χ3v) is 3.32. The van der Waals surface area contributed by atoms with Gasteiger partial charge in [0.1, 0.15) is 11.6 Å². The van der Waals surface area contributed by atoms with Crippen LogP contribution in [-0.2, 0) is 0 Å². The maximum absolute atomic E-state index is 14.0. The Kier molecular flexibility index (Phi) is 3.66. The molecule has 0 fully saturated rings. The van der Waals surface area contributed by atoms with Crippen molar-refractivity contribution in [2.75, 3.05) is 6.54 Å². The molecule has 5 heteroatoms. The fourth-order valence-corrected chi connectivity index (χ4v) is 2.38. The second-order valence-electron chi connectivity index (χ2n) is 4.69. The fraction of sp³-hybridized carbons (Fsp3) is 0.188. The topological polar surface area (TPSA) is 38.1 Å². The molecule has 2 aromatic heterocycles. The molecule has 21 heavy (non-hydrogen) atoms. The minimum Gasteiger partial charge on any atom is -0.456 e. The van der Waals surface area contributed by atoms with E-state index in [9.17, 15) is 8.78 Å². The van der Waals surface area contributed by atoms with Gasteiger partial charge in [0.25, 0.3) is 0 Å². The van der Waals surface area contributed by atoms with Crippen LogP contribution in [0.2, 0.25) is 0 Å². The Labute approximate surface area is 120 Å². The van der Waals surface area contributed by atoms with Gasteiger partial charge in [0.05, 0.1) is 12.2 Å². The van der Waals surface area contributed by atoms with E-state index in [1.54, 1.807) is 24.3 Å². The number of furan rings is 1. The smallest absolute Gasteiger partial charge is 0.169 e. The quantitative estimate of drug-likeness (QED) is 0.793. The van der Waals surface area contributed by atoms with Gasteiger partial charge >= 0.3 is 0 Å². The Bertz CT molecular complexity index is 770. The van der Waals surface area contributed by atoms with Crippen molar-refractivity contribution in [3.63, 3.8) is 0 Å². The van der Waals surface area contributed by atoms with Gasteiger partial charge in [-0.15, -0.1) is 0 Å². The van der Waals surface area contributed by atoms with Crippen LogP contribution >= 0.6 is 0 Å². The number of fused-ring (bicyclic) bond motifs is 1. The van der Waals surface area contributed by atoms with Crippen molar-refractivity contribution < 1.29 is 13.2 Å². The predicted molar refractivity (Wildman–Crippen MR) is 75.9 cm³/mol. The summed E-state index contributed by atoms with van der Waals surface area (Å²) < 4.78 is 33.3. The average Bonchev–Trinajstić information content (AvgIpc) is 2.91. The summed E-state index contributed by atoms with van der Waals surface area (Å²) in [6, 6.07) is 7.55. The Balaban J connectivity index is 2.11. The number of nitrogens with zero attached hydrogens (tertiary/aromatic N) is 1. The molecule has 0 spiro atoms. The number of rotatable bonds is 4. The molecule has 0 saturated carbocycles. The lowest BCUT2D eigenvalue weighted by Crippen LogP contribution is -2.22. The van der Waals surface area contributed by atoms with Crippen molar-refractivity contribution in [2.45, 2.75) is 13.0 Å². The molecule has 0 radical (unpaired) electrons. The molecule has 1 atom stereocenters. The van der Waals surface area contributed by atoms with Crippen LogP contribution in [0.25, 0.3) is 11.0 Å². The van der Waals surface area contributed by atoms with E-state index in [0.717, 1.165) is 6.20 Å². The summed E-state index contributed by atoms with van der Waals surface area (Å²) in [4.78, 5) is 3.74. The van der Waals surface area contributed by atoms with Crippen molar-refractivity contribution in [2.24, 2.45) is 0 Å². The number of aromatic nitrogens is 1. The van der Waals surface area contributed by atoms with Crippen LogP contribution in [0.1, 0.15) is 24.3 Å². The van der Waals surface area contributed by atoms with E-state index in [1.807, 2.05) is 6.92 Å². The maximum atomic E-state index is 14.0. The number of halogens is 2. The monoisotopic (exact) mass is 288 g/mol. The van der Waals surface area contributed by atoms with Gasteiger partial charge in [-0.25, -0.2) is 8.78 Å². The summed E-state index contributed by atoms with van der Waals surface area (Å²) in [6.45, 7) is 2.53. The van der Waals surface area contributed by atoms with Crippen molar-refractivity contribution in [3.05, 3.63) is 65.7 Å². The molecule has 3 aromatic rings. The average molecular weight is 288 g/mol. The van der Waals surface area contributed by atoms with Crippen LogP contribution in [0.15, 0.2) is 47.1 Å². The van der Waals surface area contributed by atoms with E-state index in [0.29, 0.717) is 23.3 Å². The highest BCUT2D eigenvalue weighted by atomic mass is 19.1. The molecule has 0 aliphatic carbocycles. The Morgan fingerprint density at radius 2 is 2.10 bits per heavy atom. The number of nitrogens with one attached hydrogen (secondary N) is 1. The Morgan fingerprint density at radius 3 is 2.81 bits per heavy atom. The van der Waals surface area contributed by atoms with Crippen molar-refractivity contribution >= 4 is 11.0 Å². The van der Waals surface area contributed by atoms with Gasteiger partial charge in [-0.3, -0.25) is 4.98 Å². The third kappa shape index (κ3) is 2.52. The highest BCUT2D eigenvalue weighted by Crippen LogP contribution is 2.30. The summed E-state index contributed by atoms with van der Waals surface area (Å²) >= 11 is 0. The second-order valence-corrected chi connectivity index (χ2v) is 4.69. The lowest BCUT2D eigenvalue weighted by atomic mass is 10.1. The van der Waals surface area contributed by atoms with E-state index in [4.69, 9.17) is 4.42 Å². The molecule has 2 heterocycles. The molecular formula is C16H14F2N2O. The summed E-state index contributed by atoms with van der Waals surface area (Å²) in [5.74, 6) is -0.379. The Hall–Kier alpha value is -2.27. The van der Waals surface area contributed by atoms with Gasteiger partial charge in [0.2, 0.25) is 0 Å². The normalized spacial score (nSPS) is 12.7. The number of hydrogen-bond acceptors (Lipinski definition) is 3. The molecular weight excluding hydrogens is 274 g/mol. The van der Waals surface area contributed by atoms with Crippen LogP contribution in [0.5, 0.6) is 0 Å². The SMILES string of the molecule is CCNC(c1cc2cccc(F)c2o1)c1ccncc1F. The first-order valence-corrected chi connectivity index (χ1v) is 6.71. The van der Waals surface area contributed by atoms with Crippen LogP contribution in [0, 0.1) is 11.6 Å². The zero-order valence-corrected chi connectivity index (χ0v) is 11.4. The van der Waals surface area contributed by atoms with Crippen molar-refractivity contribution in [1.29, 1.82) is 0 Å². The van der Waals surface area contributed by atoms with Gasteiger partial charge in [0, 0.05) is 17.1 Å². The fourth-order valence-electron chi connectivity index (χ4n) is 2.38. The zero-order valence-electron chi connectivity index (χ0n) is 11.4. The molecule has 1 unspecified atom stereocenters. The molecule has 0 aliphatic heterocycles. The minimum absolute atomic E-state index is 0.185. The highest BCUT2D eigenvalue weighted by molar-refractivity contribution is 5.78. The molecule has 1 aromatic carbocycles. The first kappa shape index (κ1) is 13.7. The highest BCUT2D eigenvalue weighted by Gasteiger charge is 2.21. The van der Waals surface area contributed by atoms with E-state index < -0.39 is 17.7 Å². The minimum atomic E-state index is -0.482. The van der Waals surface area contributed by atoms with E-state index in [-0.39, 0.29) is 5.58 Å². The van der Waals surface area contributed by atoms with Gasteiger partial charge in [0.15, 0.2) is 11.4 Å². The van der Waals surface area contributed by atoms with Gasteiger partial charge in [-0.2, -0.15) is 0 Å². The lowest BCUT2D eigenvalue weighted by molar-refractivity contribution is 0.452. The molecule has 108 valence electrons. The number of pyridine rings is 1. The van der Waals surface area contributed by atoms with Gasteiger partial charge in [-0.05, 0) is 24.7 Å². The molecule has 3 rings (SSSR count). The number of benzene rings is 1. The van der Waals surface area contributed by atoms with E-state index >= 15 is 0 Å². The summed E-state index contributed by atoms with van der Waals surface area (Å²) in [6.07, 6.45) is 2.68. The van der Waals surface area contributed by atoms with E-state index in [1.165, 1.54) is 12.3 Å². The van der Waals surface area contributed by atoms with Gasteiger partial charge in [-0.1, -0.05) is 19.1 Å². The molecule has 1 N–H and O–H groups in total. The molecule has 0 amide bonds. The first-order valence-electron chi connectivity index (χ1n) is 6.71. The molecule has 0 aliphatic rings. The summed E-state index contributed by atoms with van der Waals surface area (Å²) in [7, 11) is 0. The van der Waals surface area contributed by atoms with E-state index in [2.05, 4.69) is 10.3 Å². The van der Waals surface area contributed by atoms with Crippen molar-refractivity contribution in [3.8, 4) is 0 Å². The number of hydrogen-bond donors (Lipinski definition) is 1. The van der Waals surface area contributed by atoms with Gasteiger partial charge < -0.3 is 9.73 Å².